The number of pyridine rings is 1. The van der Waals surface area contributed by atoms with Crippen molar-refractivity contribution in [2.24, 2.45) is 0 Å². The zero-order chi connectivity index (χ0) is 15.2. The van der Waals surface area contributed by atoms with E-state index in [0.29, 0.717) is 17.9 Å². The number of rotatable bonds is 6. The zero-order valence-electron chi connectivity index (χ0n) is 12.0. The summed E-state index contributed by atoms with van der Waals surface area (Å²) in [6.07, 6.45) is 3.67. The highest BCUT2D eigenvalue weighted by atomic mass is 35.5. The van der Waals surface area contributed by atoms with E-state index in [4.69, 9.17) is 11.6 Å². The number of hydrogen-bond acceptors (Lipinski definition) is 2. The molecule has 0 aliphatic rings. The normalized spacial score (nSPS) is 10.6. The molecule has 0 saturated carbocycles. The van der Waals surface area contributed by atoms with Gasteiger partial charge in [0.1, 0.15) is 0 Å². The third-order valence-corrected chi connectivity index (χ3v) is 3.71. The first kappa shape index (κ1) is 15.5. The molecule has 0 amide bonds. The second kappa shape index (κ2) is 7.23. The molecule has 0 N–H and O–H groups in total. The maximum Gasteiger partial charge on any atom is 0.261 e. The number of carbonyl (C=O) groups excluding carboxylic acids is 1. The van der Waals surface area contributed by atoms with Gasteiger partial charge < -0.3 is 4.57 Å². The number of nitrogens with zero attached hydrogens (tertiary/aromatic N) is 1. The molecule has 0 aliphatic carbocycles. The minimum Gasteiger partial charge on any atom is -0.308 e. The second-order valence-corrected chi connectivity index (χ2v) is 5.40. The monoisotopic (exact) mass is 303 g/mol. The maximum absolute atomic E-state index is 12.4. The topological polar surface area (TPSA) is 39.1 Å². The van der Waals surface area contributed by atoms with Gasteiger partial charge in [0.15, 0.2) is 6.29 Å². The standard InChI is InChI=1S/C17H18ClNO2/c1-2-3-4-11-19-16(10-7-14(12-20)17(19)21)13-5-8-15(18)9-6-13/h5-10,12H,2-4,11H2,1H3. The summed E-state index contributed by atoms with van der Waals surface area (Å²) in [7, 11) is 0. The van der Waals surface area contributed by atoms with E-state index in [1.165, 1.54) is 0 Å². The highest BCUT2D eigenvalue weighted by Gasteiger charge is 2.10. The number of carbonyl (C=O) groups is 1. The van der Waals surface area contributed by atoms with Gasteiger partial charge in [-0.3, -0.25) is 9.59 Å². The van der Waals surface area contributed by atoms with Crippen molar-refractivity contribution in [3.05, 3.63) is 57.3 Å². The number of aldehydes is 1. The average molecular weight is 304 g/mol. The van der Waals surface area contributed by atoms with Crippen LogP contribution in [0.4, 0.5) is 0 Å². The lowest BCUT2D eigenvalue weighted by Crippen LogP contribution is -2.25. The van der Waals surface area contributed by atoms with Crippen LogP contribution in [0.2, 0.25) is 5.02 Å². The molecule has 0 spiro atoms. The fourth-order valence-corrected chi connectivity index (χ4v) is 2.43. The maximum atomic E-state index is 12.4. The molecule has 0 saturated heterocycles. The van der Waals surface area contributed by atoms with Crippen LogP contribution >= 0.6 is 11.6 Å². The van der Waals surface area contributed by atoms with E-state index in [1.54, 1.807) is 22.8 Å². The smallest absolute Gasteiger partial charge is 0.261 e. The molecule has 0 aliphatic heterocycles. The molecule has 3 nitrogen and oxygen atoms in total. The summed E-state index contributed by atoms with van der Waals surface area (Å²) >= 11 is 5.91. The van der Waals surface area contributed by atoms with Gasteiger partial charge in [0.05, 0.1) is 11.3 Å². The summed E-state index contributed by atoms with van der Waals surface area (Å²) < 4.78 is 1.68. The first-order valence-corrected chi connectivity index (χ1v) is 7.50. The largest absolute Gasteiger partial charge is 0.308 e. The molecule has 1 aromatic heterocycles. The van der Waals surface area contributed by atoms with Gasteiger partial charge in [0, 0.05) is 11.6 Å². The molecule has 0 radical (unpaired) electrons. The van der Waals surface area contributed by atoms with Gasteiger partial charge in [-0.25, -0.2) is 0 Å². The summed E-state index contributed by atoms with van der Waals surface area (Å²) in [6.45, 7) is 2.73. The lowest BCUT2D eigenvalue weighted by atomic mass is 10.1. The summed E-state index contributed by atoms with van der Waals surface area (Å²) in [6, 6.07) is 10.8. The third-order valence-electron chi connectivity index (χ3n) is 3.46. The van der Waals surface area contributed by atoms with Gasteiger partial charge >= 0.3 is 0 Å². The Balaban J connectivity index is 2.48. The van der Waals surface area contributed by atoms with Gasteiger partial charge in [0.2, 0.25) is 0 Å². The molecule has 2 aromatic rings. The van der Waals surface area contributed by atoms with Crippen LogP contribution < -0.4 is 5.56 Å². The molecule has 0 atom stereocenters. The predicted octanol–water partition coefficient (Wildman–Crippen LogP) is 4.17. The van der Waals surface area contributed by atoms with E-state index < -0.39 is 0 Å². The van der Waals surface area contributed by atoms with Crippen molar-refractivity contribution in [3.63, 3.8) is 0 Å². The second-order valence-electron chi connectivity index (χ2n) is 4.96. The van der Waals surface area contributed by atoms with Crippen molar-refractivity contribution >= 4 is 17.9 Å². The molecule has 0 fully saturated rings. The average Bonchev–Trinajstić information content (AvgIpc) is 2.50. The van der Waals surface area contributed by atoms with E-state index in [2.05, 4.69) is 6.92 Å². The number of unbranched alkanes of at least 4 members (excludes halogenated alkanes) is 2. The van der Waals surface area contributed by atoms with Crippen LogP contribution in [0.15, 0.2) is 41.2 Å². The van der Waals surface area contributed by atoms with E-state index in [0.717, 1.165) is 30.5 Å². The van der Waals surface area contributed by atoms with Crippen molar-refractivity contribution in [2.75, 3.05) is 0 Å². The Morgan fingerprint density at radius 2 is 1.81 bits per heavy atom. The van der Waals surface area contributed by atoms with Crippen LogP contribution in [-0.2, 0) is 6.54 Å². The number of benzene rings is 1. The quantitative estimate of drug-likeness (QED) is 0.593. The first-order valence-electron chi connectivity index (χ1n) is 7.12. The Bertz CT molecular complexity index is 674. The fourth-order valence-electron chi connectivity index (χ4n) is 2.30. The van der Waals surface area contributed by atoms with Crippen LogP contribution in [0.1, 0.15) is 36.5 Å². The molecule has 0 unspecified atom stereocenters. The summed E-state index contributed by atoms with van der Waals surface area (Å²) in [5.41, 5.74) is 1.71. The van der Waals surface area contributed by atoms with E-state index in [1.807, 2.05) is 18.2 Å². The summed E-state index contributed by atoms with van der Waals surface area (Å²) in [5.74, 6) is 0. The Hall–Kier alpha value is -1.87. The van der Waals surface area contributed by atoms with Crippen molar-refractivity contribution in [3.8, 4) is 11.3 Å². The van der Waals surface area contributed by atoms with Gasteiger partial charge in [-0.2, -0.15) is 0 Å². The molecule has 0 bridgehead atoms. The van der Waals surface area contributed by atoms with E-state index in [9.17, 15) is 9.59 Å². The highest BCUT2D eigenvalue weighted by Crippen LogP contribution is 2.21. The lowest BCUT2D eigenvalue weighted by molar-refractivity contribution is 0.112. The van der Waals surface area contributed by atoms with Crippen LogP contribution in [0, 0.1) is 0 Å². The van der Waals surface area contributed by atoms with Crippen molar-refractivity contribution < 1.29 is 4.79 Å². The van der Waals surface area contributed by atoms with Gasteiger partial charge in [-0.1, -0.05) is 43.5 Å². The lowest BCUT2D eigenvalue weighted by Gasteiger charge is -2.13. The number of aromatic nitrogens is 1. The minimum absolute atomic E-state index is 0.198. The number of hydrogen-bond donors (Lipinski definition) is 0. The highest BCUT2D eigenvalue weighted by molar-refractivity contribution is 6.30. The van der Waals surface area contributed by atoms with Crippen LogP contribution in [0.5, 0.6) is 0 Å². The van der Waals surface area contributed by atoms with Crippen molar-refractivity contribution in [1.29, 1.82) is 0 Å². The van der Waals surface area contributed by atoms with Crippen molar-refractivity contribution in [1.82, 2.24) is 4.57 Å². The number of halogens is 1. The summed E-state index contributed by atoms with van der Waals surface area (Å²) in [5, 5.41) is 0.656. The zero-order valence-corrected chi connectivity index (χ0v) is 12.8. The van der Waals surface area contributed by atoms with Crippen LogP contribution in [0.25, 0.3) is 11.3 Å². The third kappa shape index (κ3) is 3.61. The molecule has 1 aromatic carbocycles. The minimum atomic E-state index is -0.228. The molecule has 110 valence electrons. The van der Waals surface area contributed by atoms with Crippen LogP contribution in [-0.4, -0.2) is 10.9 Å². The van der Waals surface area contributed by atoms with Gasteiger partial charge in [-0.15, -0.1) is 0 Å². The fraction of sp³-hybridized carbons (Fsp3) is 0.294. The molecule has 21 heavy (non-hydrogen) atoms. The van der Waals surface area contributed by atoms with Gasteiger partial charge in [-0.05, 0) is 36.2 Å². The SMILES string of the molecule is CCCCCn1c(-c2ccc(Cl)cc2)ccc(C=O)c1=O. The predicted molar refractivity (Wildman–Crippen MR) is 86.1 cm³/mol. The molecular formula is C17H18ClNO2. The van der Waals surface area contributed by atoms with Crippen molar-refractivity contribution in [2.45, 2.75) is 32.7 Å². The Morgan fingerprint density at radius 3 is 2.43 bits per heavy atom. The molecular weight excluding hydrogens is 286 g/mol. The van der Waals surface area contributed by atoms with Crippen LogP contribution in [0.3, 0.4) is 0 Å². The summed E-state index contributed by atoms with van der Waals surface area (Å²) in [4.78, 5) is 23.3. The van der Waals surface area contributed by atoms with Gasteiger partial charge in [0.25, 0.3) is 5.56 Å². The Morgan fingerprint density at radius 1 is 1.10 bits per heavy atom. The molecule has 2 rings (SSSR count). The molecule has 1 heterocycles. The Labute approximate surface area is 129 Å². The first-order chi connectivity index (χ1) is 10.2. The van der Waals surface area contributed by atoms with E-state index in [-0.39, 0.29) is 11.1 Å². The van der Waals surface area contributed by atoms with E-state index >= 15 is 0 Å². The Kier molecular flexibility index (Phi) is 5.34. The molecule has 4 heteroatoms.